The number of quaternary nitrogens is 1. The lowest BCUT2D eigenvalue weighted by Gasteiger charge is -2.23. The van der Waals surface area contributed by atoms with Gasteiger partial charge < -0.3 is 19.1 Å². The van der Waals surface area contributed by atoms with Gasteiger partial charge in [0.15, 0.2) is 11.5 Å². The smallest absolute Gasteiger partial charge is 0.272 e. The minimum Gasteiger partial charge on any atom is -0.490 e. The third kappa shape index (κ3) is 6.55. The first-order chi connectivity index (χ1) is 14.3. The van der Waals surface area contributed by atoms with Crippen molar-refractivity contribution in [2.75, 3.05) is 46.1 Å². The first kappa shape index (κ1) is 20.8. The topological polar surface area (TPSA) is 86.5 Å². The zero-order valence-corrected chi connectivity index (χ0v) is 16.6. The summed E-state index contributed by atoms with van der Waals surface area (Å²) >= 11 is 0. The molecular weight excluding hydrogens is 372 g/mol. The van der Waals surface area contributed by atoms with Gasteiger partial charge >= 0.3 is 0 Å². The van der Waals surface area contributed by atoms with E-state index in [0.29, 0.717) is 30.3 Å². The molecule has 0 saturated carbocycles. The molecule has 8 nitrogen and oxygen atoms in total. The van der Waals surface area contributed by atoms with Crippen LogP contribution in [0.2, 0.25) is 0 Å². The maximum Gasteiger partial charge on any atom is 0.272 e. The number of nitrogens with zero attached hydrogens (tertiary/aromatic N) is 2. The molecular formula is C21H27N4O4+. The van der Waals surface area contributed by atoms with Crippen molar-refractivity contribution in [1.82, 2.24) is 10.4 Å². The average molecular weight is 399 g/mol. The number of hydrazone groups is 1. The van der Waals surface area contributed by atoms with Crippen molar-refractivity contribution in [3.63, 3.8) is 0 Å². The molecule has 1 aromatic carbocycles. The third-order valence-corrected chi connectivity index (χ3v) is 4.48. The summed E-state index contributed by atoms with van der Waals surface area (Å²) in [6, 6.07) is 8.96. The Bertz CT molecular complexity index is 808. The summed E-state index contributed by atoms with van der Waals surface area (Å²) < 4.78 is 17.0. The predicted molar refractivity (Wildman–Crippen MR) is 109 cm³/mol. The normalized spacial score (nSPS) is 14.7. The average Bonchev–Trinajstić information content (AvgIpc) is 2.76. The Morgan fingerprint density at radius 3 is 2.90 bits per heavy atom. The van der Waals surface area contributed by atoms with Crippen LogP contribution in [0.1, 0.15) is 22.8 Å². The van der Waals surface area contributed by atoms with Gasteiger partial charge in [0.1, 0.15) is 26.2 Å². The van der Waals surface area contributed by atoms with Gasteiger partial charge in [-0.3, -0.25) is 9.78 Å². The van der Waals surface area contributed by atoms with Gasteiger partial charge in [-0.15, -0.1) is 0 Å². The summed E-state index contributed by atoms with van der Waals surface area (Å²) in [6.07, 6.45) is 4.67. The predicted octanol–water partition coefficient (Wildman–Crippen LogP) is 0.538. The fourth-order valence-corrected chi connectivity index (χ4v) is 2.93. The van der Waals surface area contributed by atoms with E-state index in [-0.39, 0.29) is 5.91 Å². The van der Waals surface area contributed by atoms with Crippen LogP contribution >= 0.6 is 0 Å². The summed E-state index contributed by atoms with van der Waals surface area (Å²) in [6.45, 7) is 7.65. The van der Waals surface area contributed by atoms with Crippen LogP contribution in [0.25, 0.3) is 0 Å². The lowest BCUT2D eigenvalue weighted by molar-refractivity contribution is -0.908. The van der Waals surface area contributed by atoms with Gasteiger partial charge in [0, 0.05) is 12.4 Å². The van der Waals surface area contributed by atoms with Crippen LogP contribution in [0.15, 0.2) is 47.8 Å². The van der Waals surface area contributed by atoms with Crippen molar-refractivity contribution in [1.29, 1.82) is 0 Å². The molecule has 0 spiro atoms. The van der Waals surface area contributed by atoms with Gasteiger partial charge in [-0.1, -0.05) is 0 Å². The Hall–Kier alpha value is -2.97. The van der Waals surface area contributed by atoms with Crippen molar-refractivity contribution in [2.45, 2.75) is 6.92 Å². The lowest BCUT2D eigenvalue weighted by atomic mass is 10.2. The molecule has 0 atom stereocenters. The summed E-state index contributed by atoms with van der Waals surface area (Å²) in [4.78, 5) is 17.4. The standard InChI is InChI=1S/C21H26N4O4/c1-2-28-20-14-17(15-23-24-21(26)18-4-3-7-22-16-18)5-6-19(20)29-13-10-25-8-11-27-12-9-25/h3-7,14-16H,2,8-13H2,1H3,(H,24,26)/p+1/b23-15-. The summed E-state index contributed by atoms with van der Waals surface area (Å²) in [5.41, 5.74) is 3.74. The molecule has 2 heterocycles. The van der Waals surface area contributed by atoms with E-state index in [4.69, 9.17) is 14.2 Å². The molecule has 1 aliphatic rings. The van der Waals surface area contributed by atoms with Gasteiger partial charge in [-0.05, 0) is 42.8 Å². The highest BCUT2D eigenvalue weighted by atomic mass is 16.5. The van der Waals surface area contributed by atoms with Crippen molar-refractivity contribution >= 4 is 12.1 Å². The number of carbonyl (C=O) groups excluding carboxylic acids is 1. The second kappa shape index (κ2) is 11.1. The van der Waals surface area contributed by atoms with Crippen molar-refractivity contribution in [3.8, 4) is 11.5 Å². The minimum atomic E-state index is -0.315. The van der Waals surface area contributed by atoms with Crippen LogP contribution in [0.4, 0.5) is 0 Å². The van der Waals surface area contributed by atoms with Crippen LogP contribution < -0.4 is 19.8 Å². The van der Waals surface area contributed by atoms with Gasteiger partial charge in [0.25, 0.3) is 5.91 Å². The Labute approximate surface area is 170 Å². The molecule has 0 bridgehead atoms. The second-order valence-corrected chi connectivity index (χ2v) is 6.54. The highest BCUT2D eigenvalue weighted by Crippen LogP contribution is 2.27. The molecule has 0 unspecified atom stereocenters. The van der Waals surface area contributed by atoms with Crippen molar-refractivity contribution in [2.24, 2.45) is 5.10 Å². The second-order valence-electron chi connectivity index (χ2n) is 6.54. The first-order valence-electron chi connectivity index (χ1n) is 9.80. The number of benzene rings is 1. The largest absolute Gasteiger partial charge is 0.490 e. The molecule has 0 radical (unpaired) electrons. The van der Waals surface area contributed by atoms with Crippen LogP contribution in [0.5, 0.6) is 11.5 Å². The Balaban J connectivity index is 1.55. The van der Waals surface area contributed by atoms with Gasteiger partial charge in [-0.2, -0.15) is 5.10 Å². The van der Waals surface area contributed by atoms with E-state index in [0.717, 1.165) is 38.4 Å². The van der Waals surface area contributed by atoms with E-state index >= 15 is 0 Å². The van der Waals surface area contributed by atoms with Crippen LogP contribution in [0, 0.1) is 0 Å². The SMILES string of the molecule is CCOc1cc(/C=N\NC(=O)c2cccnc2)ccc1OCC[NH+]1CCOCC1. The monoisotopic (exact) mass is 399 g/mol. The molecule has 2 N–H and O–H groups in total. The zero-order chi connectivity index (χ0) is 20.3. The number of amides is 1. The fraction of sp³-hybridized carbons (Fsp3) is 0.381. The molecule has 29 heavy (non-hydrogen) atoms. The van der Waals surface area contributed by atoms with Crippen LogP contribution in [-0.2, 0) is 4.74 Å². The van der Waals surface area contributed by atoms with Crippen molar-refractivity contribution in [3.05, 3.63) is 53.9 Å². The number of rotatable bonds is 9. The number of ether oxygens (including phenoxy) is 3. The molecule has 1 amide bonds. The molecule has 0 aliphatic carbocycles. The van der Waals surface area contributed by atoms with E-state index in [1.54, 1.807) is 24.5 Å². The number of hydrogen-bond donors (Lipinski definition) is 2. The summed E-state index contributed by atoms with van der Waals surface area (Å²) in [5, 5.41) is 4.01. The summed E-state index contributed by atoms with van der Waals surface area (Å²) in [7, 11) is 0. The maximum absolute atomic E-state index is 12.0. The summed E-state index contributed by atoms with van der Waals surface area (Å²) in [5.74, 6) is 1.05. The first-order valence-corrected chi connectivity index (χ1v) is 9.80. The van der Waals surface area contributed by atoms with E-state index in [9.17, 15) is 4.79 Å². The van der Waals surface area contributed by atoms with Gasteiger partial charge in [0.05, 0.1) is 31.6 Å². The van der Waals surface area contributed by atoms with Crippen LogP contribution in [0.3, 0.4) is 0 Å². The highest BCUT2D eigenvalue weighted by Gasteiger charge is 2.14. The molecule has 2 aromatic rings. The van der Waals surface area contributed by atoms with Gasteiger partial charge in [0.2, 0.25) is 0 Å². The number of aromatic nitrogens is 1. The number of nitrogens with one attached hydrogen (secondary N) is 2. The lowest BCUT2D eigenvalue weighted by Crippen LogP contribution is -3.14. The maximum atomic E-state index is 12.0. The van der Waals surface area contributed by atoms with E-state index in [1.165, 1.54) is 11.1 Å². The molecule has 1 fully saturated rings. The molecule has 1 aromatic heterocycles. The van der Waals surface area contributed by atoms with E-state index < -0.39 is 0 Å². The number of pyridine rings is 1. The molecule has 154 valence electrons. The van der Waals surface area contributed by atoms with Crippen LogP contribution in [-0.4, -0.2) is 63.2 Å². The number of hydrogen-bond acceptors (Lipinski definition) is 6. The molecule has 3 rings (SSSR count). The third-order valence-electron chi connectivity index (χ3n) is 4.48. The molecule has 1 aliphatic heterocycles. The Kier molecular flexibility index (Phi) is 7.97. The van der Waals surface area contributed by atoms with E-state index in [2.05, 4.69) is 15.5 Å². The Morgan fingerprint density at radius 2 is 2.14 bits per heavy atom. The number of morpholine rings is 1. The number of carbonyl (C=O) groups is 1. The quantitative estimate of drug-likeness (QED) is 0.475. The van der Waals surface area contributed by atoms with Gasteiger partial charge in [-0.25, -0.2) is 5.43 Å². The fourth-order valence-electron chi connectivity index (χ4n) is 2.93. The van der Waals surface area contributed by atoms with E-state index in [1.807, 2.05) is 25.1 Å². The minimum absolute atomic E-state index is 0.315. The molecule has 8 heteroatoms. The Morgan fingerprint density at radius 1 is 1.28 bits per heavy atom. The molecule has 1 saturated heterocycles. The van der Waals surface area contributed by atoms with Crippen molar-refractivity contribution < 1.29 is 23.9 Å². The zero-order valence-electron chi connectivity index (χ0n) is 16.6. The highest BCUT2D eigenvalue weighted by molar-refractivity contribution is 5.94.